The van der Waals surface area contributed by atoms with E-state index in [0.717, 1.165) is 55.9 Å². The number of nitrogens with zero attached hydrogens (tertiary/aromatic N) is 8. The van der Waals surface area contributed by atoms with Crippen molar-refractivity contribution < 1.29 is 14.0 Å². The number of hydrogen-bond acceptors (Lipinski definition) is 12. The fourth-order valence-electron chi connectivity index (χ4n) is 5.99. The normalized spacial score (nSPS) is 14.1. The lowest BCUT2D eigenvalue weighted by Crippen LogP contribution is -2.38. The molecule has 13 nitrogen and oxygen atoms in total. The minimum absolute atomic E-state index is 0.249. The molecule has 1 aliphatic rings. The molecular formula is C34H42BrN10O3P. The van der Waals surface area contributed by atoms with Crippen molar-refractivity contribution in [3.8, 4) is 16.9 Å². The highest BCUT2D eigenvalue weighted by atomic mass is 79.9. The topological polar surface area (TPSA) is 135 Å². The van der Waals surface area contributed by atoms with Gasteiger partial charge in [-0.05, 0) is 74.4 Å². The summed E-state index contributed by atoms with van der Waals surface area (Å²) in [5, 5.41) is 11.8. The number of likely N-dealkylation sites (N-methyl/N-ethyl adjacent to an activating group) is 1. The predicted octanol–water partition coefficient (Wildman–Crippen LogP) is 5.87. The van der Waals surface area contributed by atoms with Gasteiger partial charge >= 0.3 is 0 Å². The lowest BCUT2D eigenvalue weighted by atomic mass is 10.0. The first-order valence-electron chi connectivity index (χ1n) is 16.1. The number of hydrogen-bond donors (Lipinski definition) is 2. The molecule has 4 heterocycles. The van der Waals surface area contributed by atoms with Gasteiger partial charge in [0.15, 0.2) is 0 Å². The summed E-state index contributed by atoms with van der Waals surface area (Å²) in [6.45, 7) is 6.83. The minimum atomic E-state index is -2.77. The summed E-state index contributed by atoms with van der Waals surface area (Å²) in [6.07, 6.45) is 10.9. The number of piperidine rings is 1. The van der Waals surface area contributed by atoms with E-state index in [1.54, 1.807) is 43.7 Å². The number of ether oxygens (including phenoxy) is 2. The second-order valence-corrected chi connectivity index (χ2v) is 16.7. The van der Waals surface area contributed by atoms with Gasteiger partial charge in [-0.25, -0.2) is 4.98 Å². The first-order chi connectivity index (χ1) is 23.5. The zero-order valence-electron chi connectivity index (χ0n) is 28.6. The van der Waals surface area contributed by atoms with Gasteiger partial charge in [0.25, 0.3) is 0 Å². The third kappa shape index (κ3) is 8.04. The standard InChI is InChI=1S/C34H42BrN10O3P/c1-43(2)15-16-48-23-9-13-45(14-10-23)29-18-30(47-4)28(17-24(29)22-19-39-44(3)21-22)41-34-38-20-25(35)33(42-34)40-27-8-7-26-31(37-12-11-36-26)32(27)49(5,6)46/h7-8,11-12,17-21,23H,9-10,13-16H2,1-6H3,(H2,38,40,41,42). The van der Waals surface area contributed by atoms with Crippen molar-refractivity contribution in [3.63, 3.8) is 0 Å². The van der Waals surface area contributed by atoms with Gasteiger partial charge in [-0.15, -0.1) is 0 Å². The van der Waals surface area contributed by atoms with Gasteiger partial charge in [0.2, 0.25) is 5.95 Å². The number of rotatable bonds is 12. The van der Waals surface area contributed by atoms with E-state index >= 15 is 0 Å². The van der Waals surface area contributed by atoms with Crippen LogP contribution < -0.4 is 25.6 Å². The number of aromatic nitrogens is 6. The molecular weight excluding hydrogens is 707 g/mol. The molecule has 0 saturated carbocycles. The Hall–Kier alpha value is -4.10. The lowest BCUT2D eigenvalue weighted by molar-refractivity contribution is 0.0294. The minimum Gasteiger partial charge on any atom is -0.494 e. The summed E-state index contributed by atoms with van der Waals surface area (Å²) < 4.78 is 28.0. The van der Waals surface area contributed by atoms with Crippen molar-refractivity contribution in [1.82, 2.24) is 34.6 Å². The Bertz CT molecular complexity index is 1990. The van der Waals surface area contributed by atoms with E-state index in [1.807, 2.05) is 31.6 Å². The Labute approximate surface area is 295 Å². The number of methoxy groups -OCH3 is 1. The third-order valence-corrected chi connectivity index (χ3v) is 10.5. The second-order valence-electron chi connectivity index (χ2n) is 12.7. The monoisotopic (exact) mass is 748 g/mol. The molecule has 49 heavy (non-hydrogen) atoms. The molecule has 0 amide bonds. The number of aryl methyl sites for hydroxylation is 1. The van der Waals surface area contributed by atoms with Crippen LogP contribution in [0.5, 0.6) is 5.75 Å². The van der Waals surface area contributed by atoms with Gasteiger partial charge < -0.3 is 34.5 Å². The van der Waals surface area contributed by atoms with E-state index in [-0.39, 0.29) is 6.10 Å². The van der Waals surface area contributed by atoms with Crippen LogP contribution in [-0.2, 0) is 16.3 Å². The van der Waals surface area contributed by atoms with E-state index in [1.165, 1.54) is 0 Å². The molecule has 2 N–H and O–H groups in total. The molecule has 0 radical (unpaired) electrons. The van der Waals surface area contributed by atoms with Crippen molar-refractivity contribution in [2.45, 2.75) is 18.9 Å². The molecule has 1 aliphatic heterocycles. The van der Waals surface area contributed by atoms with Crippen LogP contribution >= 0.6 is 23.1 Å². The maximum atomic E-state index is 13.5. The quantitative estimate of drug-likeness (QED) is 0.148. The van der Waals surface area contributed by atoms with Crippen molar-refractivity contribution >= 4 is 68.2 Å². The van der Waals surface area contributed by atoms with Crippen LogP contribution in [0.2, 0.25) is 0 Å². The van der Waals surface area contributed by atoms with Crippen LogP contribution in [0.1, 0.15) is 12.8 Å². The first-order valence-corrected chi connectivity index (χ1v) is 19.5. The van der Waals surface area contributed by atoms with Crippen LogP contribution in [0.25, 0.3) is 22.2 Å². The maximum Gasteiger partial charge on any atom is 0.229 e. The number of fused-ring (bicyclic) bond motifs is 1. The molecule has 1 fully saturated rings. The molecule has 258 valence electrons. The van der Waals surface area contributed by atoms with Gasteiger partial charge in [-0.1, -0.05) is 0 Å². The highest BCUT2D eigenvalue weighted by Gasteiger charge is 2.25. The smallest absolute Gasteiger partial charge is 0.229 e. The van der Waals surface area contributed by atoms with Crippen LogP contribution in [0.4, 0.5) is 28.8 Å². The average Bonchev–Trinajstić information content (AvgIpc) is 3.51. The largest absolute Gasteiger partial charge is 0.494 e. The van der Waals surface area contributed by atoms with Crippen LogP contribution in [-0.4, -0.2) is 101 Å². The van der Waals surface area contributed by atoms with Crippen molar-refractivity contribution in [2.24, 2.45) is 7.05 Å². The fraction of sp³-hybridized carbons (Fsp3) is 0.382. The Morgan fingerprint density at radius 2 is 1.82 bits per heavy atom. The van der Waals surface area contributed by atoms with E-state index < -0.39 is 7.14 Å². The average molecular weight is 750 g/mol. The van der Waals surface area contributed by atoms with Gasteiger partial charge in [0.05, 0.1) is 52.7 Å². The summed E-state index contributed by atoms with van der Waals surface area (Å²) in [5.41, 5.74) is 5.68. The summed E-state index contributed by atoms with van der Waals surface area (Å²) in [4.78, 5) is 22.8. The number of nitrogens with one attached hydrogen (secondary N) is 2. The highest BCUT2D eigenvalue weighted by molar-refractivity contribution is 9.10. The van der Waals surface area contributed by atoms with Gasteiger partial charge in [0, 0.05) is 74.3 Å². The molecule has 5 aromatic rings. The molecule has 0 bridgehead atoms. The lowest BCUT2D eigenvalue weighted by Gasteiger charge is -2.35. The van der Waals surface area contributed by atoms with E-state index in [2.05, 4.69) is 82.6 Å². The van der Waals surface area contributed by atoms with Crippen molar-refractivity contribution in [3.05, 3.63) is 59.7 Å². The zero-order chi connectivity index (χ0) is 34.7. The molecule has 0 atom stereocenters. The molecule has 15 heteroatoms. The number of halogens is 1. The van der Waals surface area contributed by atoms with Crippen molar-refractivity contribution in [2.75, 3.05) is 76.3 Å². The van der Waals surface area contributed by atoms with Crippen molar-refractivity contribution in [1.29, 1.82) is 0 Å². The number of anilines is 5. The SMILES string of the molecule is COc1cc(N2CCC(OCCN(C)C)CC2)c(-c2cnn(C)c2)cc1Nc1ncc(Br)c(Nc2ccc3nccnc3c2P(C)(C)=O)n1. The zero-order valence-corrected chi connectivity index (χ0v) is 31.1. The summed E-state index contributed by atoms with van der Waals surface area (Å²) >= 11 is 3.59. The third-order valence-electron chi connectivity index (χ3n) is 8.40. The Morgan fingerprint density at radius 1 is 1.04 bits per heavy atom. The maximum absolute atomic E-state index is 13.5. The molecule has 1 saturated heterocycles. The molecule has 6 rings (SSSR count). The Balaban J connectivity index is 1.30. The van der Waals surface area contributed by atoms with Crippen LogP contribution in [0.3, 0.4) is 0 Å². The van der Waals surface area contributed by atoms with E-state index in [4.69, 9.17) is 14.5 Å². The van der Waals surface area contributed by atoms with Gasteiger partial charge in [-0.2, -0.15) is 10.1 Å². The highest BCUT2D eigenvalue weighted by Crippen LogP contribution is 2.43. The Kier molecular flexibility index (Phi) is 10.5. The molecule has 3 aromatic heterocycles. The summed E-state index contributed by atoms with van der Waals surface area (Å²) in [5.74, 6) is 1.50. The van der Waals surface area contributed by atoms with Gasteiger partial charge in [0.1, 0.15) is 24.2 Å². The van der Waals surface area contributed by atoms with Crippen LogP contribution in [0, 0.1) is 0 Å². The predicted molar refractivity (Wildman–Crippen MR) is 200 cm³/mol. The second kappa shape index (κ2) is 14.8. The summed E-state index contributed by atoms with van der Waals surface area (Å²) in [7, 11) is 4.93. The summed E-state index contributed by atoms with van der Waals surface area (Å²) in [6, 6.07) is 7.84. The molecule has 0 unspecified atom stereocenters. The fourth-order valence-corrected chi connectivity index (χ4v) is 7.67. The molecule has 0 aliphatic carbocycles. The van der Waals surface area contributed by atoms with Crippen LogP contribution in [0.15, 0.2) is 59.7 Å². The Morgan fingerprint density at radius 3 is 2.51 bits per heavy atom. The van der Waals surface area contributed by atoms with E-state index in [9.17, 15) is 4.57 Å². The molecule has 0 spiro atoms. The van der Waals surface area contributed by atoms with Gasteiger partial charge in [-0.3, -0.25) is 14.6 Å². The van der Waals surface area contributed by atoms with E-state index in [0.29, 0.717) is 49.7 Å². The molecule has 2 aromatic carbocycles. The number of benzene rings is 2. The first kappa shape index (κ1) is 34.8.